The van der Waals surface area contributed by atoms with Gasteiger partial charge in [-0.3, -0.25) is 14.9 Å². The maximum Gasteiger partial charge on any atom is 0.300 e. The number of halogens is 1. The molecule has 1 aromatic heterocycles. The summed E-state index contributed by atoms with van der Waals surface area (Å²) in [6, 6.07) is 1.20. The van der Waals surface area contributed by atoms with Gasteiger partial charge in [0.1, 0.15) is 16.9 Å². The quantitative estimate of drug-likeness (QED) is 0.479. The molecule has 0 bridgehead atoms. The Hall–Kier alpha value is -1.73. The van der Waals surface area contributed by atoms with E-state index in [1.54, 1.807) is 0 Å². The third kappa shape index (κ3) is 2.74. The number of hydrogen-bond donors (Lipinski definition) is 2. The first-order valence-corrected chi connectivity index (χ1v) is 5.77. The number of nitro groups is 1. The number of aromatic nitrogens is 1. The van der Waals surface area contributed by atoms with Crippen LogP contribution in [0, 0.1) is 10.1 Å². The van der Waals surface area contributed by atoms with Gasteiger partial charge in [0.05, 0.1) is 4.92 Å². The summed E-state index contributed by atoms with van der Waals surface area (Å²) in [6.07, 6.45) is 1.79. The molecule has 2 N–H and O–H groups in total. The Morgan fingerprint density at radius 2 is 2.44 bits per heavy atom. The zero-order valence-corrected chi connectivity index (χ0v) is 10.1. The van der Waals surface area contributed by atoms with Gasteiger partial charge < -0.3 is 10.6 Å². The minimum absolute atomic E-state index is 0.0101. The van der Waals surface area contributed by atoms with Crippen LogP contribution in [0.25, 0.3) is 0 Å². The monoisotopic (exact) mass is 270 g/mol. The number of nitrogens with one attached hydrogen (secondary N) is 2. The molecule has 1 aliphatic rings. The SMILES string of the molecule is O=C(NC1CCNC1)c1cc(Cl)ncc1[N+](=O)[O-]. The molecule has 18 heavy (non-hydrogen) atoms. The normalized spacial score (nSPS) is 18.6. The molecule has 1 fully saturated rings. The Kier molecular flexibility index (Phi) is 3.73. The lowest BCUT2D eigenvalue weighted by Crippen LogP contribution is -2.36. The molecule has 8 heteroatoms. The smallest absolute Gasteiger partial charge is 0.300 e. The number of carbonyl (C=O) groups excluding carboxylic acids is 1. The van der Waals surface area contributed by atoms with E-state index < -0.39 is 10.8 Å². The van der Waals surface area contributed by atoms with Gasteiger partial charge in [-0.15, -0.1) is 0 Å². The standard InChI is InChI=1S/C10H11ClN4O3/c11-9-3-7(8(5-13-9)15(17)18)10(16)14-6-1-2-12-4-6/h3,5-6,12H,1-2,4H2,(H,14,16). The molecule has 1 unspecified atom stereocenters. The highest BCUT2D eigenvalue weighted by molar-refractivity contribution is 6.29. The highest BCUT2D eigenvalue weighted by Gasteiger charge is 2.24. The summed E-state index contributed by atoms with van der Waals surface area (Å²) in [7, 11) is 0. The number of amides is 1. The molecule has 1 aliphatic heterocycles. The lowest BCUT2D eigenvalue weighted by atomic mass is 10.2. The van der Waals surface area contributed by atoms with E-state index in [-0.39, 0.29) is 22.4 Å². The van der Waals surface area contributed by atoms with Crippen LogP contribution >= 0.6 is 11.6 Å². The van der Waals surface area contributed by atoms with E-state index in [0.29, 0.717) is 6.54 Å². The summed E-state index contributed by atoms with van der Waals surface area (Å²) < 4.78 is 0. The van der Waals surface area contributed by atoms with Gasteiger partial charge in [0.2, 0.25) is 0 Å². The van der Waals surface area contributed by atoms with Crippen molar-refractivity contribution in [1.29, 1.82) is 0 Å². The molecule has 1 saturated heterocycles. The molecule has 0 aliphatic carbocycles. The molecular weight excluding hydrogens is 260 g/mol. The fourth-order valence-electron chi connectivity index (χ4n) is 1.79. The Labute approximate surface area is 108 Å². The van der Waals surface area contributed by atoms with Crippen molar-refractivity contribution in [3.05, 3.63) is 33.1 Å². The van der Waals surface area contributed by atoms with Gasteiger partial charge in [0, 0.05) is 12.6 Å². The Balaban J connectivity index is 2.22. The summed E-state index contributed by atoms with van der Waals surface area (Å²) >= 11 is 5.66. The van der Waals surface area contributed by atoms with Crippen molar-refractivity contribution >= 4 is 23.2 Å². The van der Waals surface area contributed by atoms with Gasteiger partial charge in [-0.05, 0) is 19.0 Å². The van der Waals surface area contributed by atoms with Gasteiger partial charge in [0.25, 0.3) is 11.6 Å². The van der Waals surface area contributed by atoms with Crippen LogP contribution in [0.3, 0.4) is 0 Å². The average molecular weight is 271 g/mol. The van der Waals surface area contributed by atoms with Crippen molar-refractivity contribution in [3.63, 3.8) is 0 Å². The topological polar surface area (TPSA) is 97.2 Å². The van der Waals surface area contributed by atoms with E-state index in [0.717, 1.165) is 19.2 Å². The van der Waals surface area contributed by atoms with E-state index in [1.807, 2.05) is 0 Å². The van der Waals surface area contributed by atoms with Crippen LogP contribution < -0.4 is 10.6 Å². The van der Waals surface area contributed by atoms with Crippen LogP contribution in [0.1, 0.15) is 16.8 Å². The van der Waals surface area contributed by atoms with E-state index in [9.17, 15) is 14.9 Å². The molecule has 0 radical (unpaired) electrons. The lowest BCUT2D eigenvalue weighted by molar-refractivity contribution is -0.385. The maximum atomic E-state index is 11.9. The molecule has 1 aromatic rings. The Morgan fingerprint density at radius 3 is 3.06 bits per heavy atom. The van der Waals surface area contributed by atoms with Crippen molar-refractivity contribution in [2.45, 2.75) is 12.5 Å². The fourth-order valence-corrected chi connectivity index (χ4v) is 1.95. The van der Waals surface area contributed by atoms with Gasteiger partial charge >= 0.3 is 0 Å². The highest BCUT2D eigenvalue weighted by Crippen LogP contribution is 2.20. The fraction of sp³-hybridized carbons (Fsp3) is 0.400. The van der Waals surface area contributed by atoms with Crippen molar-refractivity contribution in [2.24, 2.45) is 0 Å². The molecule has 2 rings (SSSR count). The van der Waals surface area contributed by atoms with Crippen LogP contribution in [0.15, 0.2) is 12.3 Å². The van der Waals surface area contributed by atoms with Crippen molar-refractivity contribution < 1.29 is 9.72 Å². The van der Waals surface area contributed by atoms with Crippen molar-refractivity contribution in [2.75, 3.05) is 13.1 Å². The second kappa shape index (κ2) is 5.28. The largest absolute Gasteiger partial charge is 0.348 e. The summed E-state index contributed by atoms with van der Waals surface area (Å²) in [5.74, 6) is -0.500. The zero-order valence-electron chi connectivity index (χ0n) is 9.35. The minimum atomic E-state index is -0.648. The second-order valence-electron chi connectivity index (χ2n) is 3.94. The van der Waals surface area contributed by atoms with E-state index in [4.69, 9.17) is 11.6 Å². The predicted octanol–water partition coefficient (Wildman–Crippen LogP) is 0.735. The summed E-state index contributed by atoms with van der Waals surface area (Å²) in [5.41, 5.74) is -0.408. The van der Waals surface area contributed by atoms with Crippen LogP contribution in [0.5, 0.6) is 0 Å². The molecule has 0 saturated carbocycles. The Morgan fingerprint density at radius 1 is 1.67 bits per heavy atom. The number of nitrogens with zero attached hydrogens (tertiary/aromatic N) is 2. The molecule has 0 spiro atoms. The molecule has 7 nitrogen and oxygen atoms in total. The summed E-state index contributed by atoms with van der Waals surface area (Å²) in [4.78, 5) is 25.7. The van der Waals surface area contributed by atoms with Gasteiger partial charge in [0.15, 0.2) is 0 Å². The third-order valence-corrected chi connectivity index (χ3v) is 2.89. The zero-order chi connectivity index (χ0) is 13.1. The molecule has 2 heterocycles. The second-order valence-corrected chi connectivity index (χ2v) is 4.33. The van der Waals surface area contributed by atoms with Crippen LogP contribution in [0.2, 0.25) is 5.15 Å². The van der Waals surface area contributed by atoms with Crippen molar-refractivity contribution in [1.82, 2.24) is 15.6 Å². The summed E-state index contributed by atoms with van der Waals surface area (Å²) in [5, 5.41) is 16.7. The van der Waals surface area contributed by atoms with Gasteiger partial charge in [-0.25, -0.2) is 4.98 Å². The van der Waals surface area contributed by atoms with Crippen LogP contribution in [-0.2, 0) is 0 Å². The first-order valence-electron chi connectivity index (χ1n) is 5.39. The minimum Gasteiger partial charge on any atom is -0.348 e. The molecule has 1 amide bonds. The Bertz CT molecular complexity index is 488. The maximum absolute atomic E-state index is 11.9. The van der Waals surface area contributed by atoms with E-state index >= 15 is 0 Å². The van der Waals surface area contributed by atoms with E-state index in [2.05, 4.69) is 15.6 Å². The number of pyridine rings is 1. The first kappa shape index (κ1) is 12.7. The van der Waals surface area contributed by atoms with Crippen molar-refractivity contribution in [3.8, 4) is 0 Å². The lowest BCUT2D eigenvalue weighted by Gasteiger charge is -2.11. The number of rotatable bonds is 3. The first-order chi connectivity index (χ1) is 8.58. The number of carbonyl (C=O) groups is 1. The molecule has 1 atom stereocenters. The van der Waals surface area contributed by atoms with Crippen LogP contribution in [0.4, 0.5) is 5.69 Å². The molecular formula is C10H11ClN4O3. The van der Waals surface area contributed by atoms with Gasteiger partial charge in [-0.2, -0.15) is 0 Å². The number of hydrogen-bond acceptors (Lipinski definition) is 5. The van der Waals surface area contributed by atoms with Gasteiger partial charge in [-0.1, -0.05) is 11.6 Å². The molecule has 96 valence electrons. The highest BCUT2D eigenvalue weighted by atomic mass is 35.5. The summed E-state index contributed by atoms with van der Waals surface area (Å²) in [6.45, 7) is 1.49. The average Bonchev–Trinajstić information content (AvgIpc) is 2.81. The third-order valence-electron chi connectivity index (χ3n) is 2.69. The predicted molar refractivity (Wildman–Crippen MR) is 64.6 cm³/mol. The van der Waals surface area contributed by atoms with Crippen LogP contribution in [-0.4, -0.2) is 34.9 Å². The molecule has 0 aromatic carbocycles. The van der Waals surface area contributed by atoms with E-state index in [1.165, 1.54) is 6.07 Å².